The van der Waals surface area contributed by atoms with E-state index in [1.54, 1.807) is 4.68 Å². The van der Waals surface area contributed by atoms with Crippen LogP contribution < -0.4 is 4.90 Å². The van der Waals surface area contributed by atoms with Crippen molar-refractivity contribution in [1.82, 2.24) is 30.1 Å². The topological polar surface area (TPSA) is 82.9 Å². The van der Waals surface area contributed by atoms with Crippen molar-refractivity contribution in [3.8, 4) is 16.9 Å². The molecule has 0 atom stereocenters. The van der Waals surface area contributed by atoms with Crippen LogP contribution in [0.2, 0.25) is 0 Å². The summed E-state index contributed by atoms with van der Waals surface area (Å²) in [5.41, 5.74) is 4.58. The van der Waals surface area contributed by atoms with Crippen LogP contribution in [0.5, 0.6) is 0 Å². The molecule has 1 fully saturated rings. The molecule has 3 heterocycles. The van der Waals surface area contributed by atoms with Crippen molar-refractivity contribution in [2.45, 2.75) is 0 Å². The Morgan fingerprint density at radius 2 is 1.51 bits per heavy atom. The zero-order valence-electron chi connectivity index (χ0n) is 19.2. The lowest BCUT2D eigenvalue weighted by Crippen LogP contribution is -2.48. The van der Waals surface area contributed by atoms with Crippen LogP contribution in [0, 0.1) is 0 Å². The number of aromatic amines is 1. The zero-order valence-corrected chi connectivity index (χ0v) is 19.2. The molecule has 2 aromatic heterocycles. The Morgan fingerprint density at radius 3 is 2.29 bits per heavy atom. The minimum Gasteiger partial charge on any atom is -0.354 e. The molecule has 35 heavy (non-hydrogen) atoms. The third kappa shape index (κ3) is 4.08. The van der Waals surface area contributed by atoms with Crippen molar-refractivity contribution in [3.05, 3.63) is 90.5 Å². The van der Waals surface area contributed by atoms with Crippen LogP contribution in [0.25, 0.3) is 27.8 Å². The summed E-state index contributed by atoms with van der Waals surface area (Å²) in [5.74, 6) is 0.856. The normalized spacial score (nSPS) is 14.5. The maximum atomic E-state index is 13.6. The number of aromatic nitrogens is 5. The van der Waals surface area contributed by atoms with Gasteiger partial charge in [0.25, 0.3) is 0 Å². The van der Waals surface area contributed by atoms with Crippen LogP contribution >= 0.6 is 0 Å². The van der Waals surface area contributed by atoms with E-state index in [0.29, 0.717) is 6.54 Å². The van der Waals surface area contributed by atoms with Gasteiger partial charge in [0.05, 0.1) is 23.5 Å². The van der Waals surface area contributed by atoms with E-state index < -0.39 is 0 Å². The van der Waals surface area contributed by atoms with E-state index in [2.05, 4.69) is 30.3 Å². The molecule has 0 saturated carbocycles. The molecule has 8 nitrogen and oxygen atoms in total. The molecule has 3 aromatic carbocycles. The molecule has 1 aliphatic heterocycles. The van der Waals surface area contributed by atoms with Crippen LogP contribution in [0.15, 0.2) is 84.9 Å². The first-order valence-corrected chi connectivity index (χ1v) is 11.8. The molecular formula is C27H25N7O. The number of nitrogens with one attached hydrogen (secondary N) is 1. The Morgan fingerprint density at radius 1 is 0.829 bits per heavy atom. The predicted octanol–water partition coefficient (Wildman–Crippen LogP) is 3.82. The number of rotatable bonds is 6. The molecule has 8 heteroatoms. The number of para-hydroxylation sites is 2. The highest BCUT2D eigenvalue weighted by molar-refractivity contribution is 6.14. The largest absolute Gasteiger partial charge is 0.354 e. The summed E-state index contributed by atoms with van der Waals surface area (Å²) in [6.07, 6.45) is 0. The van der Waals surface area contributed by atoms with E-state index in [9.17, 15) is 4.79 Å². The van der Waals surface area contributed by atoms with Gasteiger partial charge in [-0.3, -0.25) is 9.69 Å². The van der Waals surface area contributed by atoms with Gasteiger partial charge in [-0.15, -0.1) is 0 Å². The van der Waals surface area contributed by atoms with Crippen molar-refractivity contribution in [1.29, 1.82) is 0 Å². The molecule has 1 aliphatic rings. The summed E-state index contributed by atoms with van der Waals surface area (Å²) < 4.78 is 1.76. The number of nitrogens with zero attached hydrogens (tertiary/aromatic N) is 6. The lowest BCUT2D eigenvalue weighted by Gasteiger charge is -2.34. The van der Waals surface area contributed by atoms with Gasteiger partial charge in [-0.05, 0) is 34.2 Å². The van der Waals surface area contributed by atoms with Gasteiger partial charge in [0.2, 0.25) is 5.95 Å². The molecule has 1 N–H and O–H groups in total. The molecule has 1 saturated heterocycles. The molecule has 5 aromatic rings. The van der Waals surface area contributed by atoms with E-state index >= 15 is 0 Å². The number of Topliss-reactive ketones (excluding diaryl/α,β-unsaturated/α-hetero) is 1. The van der Waals surface area contributed by atoms with Crippen LogP contribution in [0.1, 0.15) is 10.4 Å². The molecule has 0 spiro atoms. The number of carbonyl (C=O) groups is 1. The molecule has 0 radical (unpaired) electrons. The molecule has 0 unspecified atom stereocenters. The summed E-state index contributed by atoms with van der Waals surface area (Å²) in [7, 11) is 0. The number of hydrogen-bond donors (Lipinski definition) is 1. The van der Waals surface area contributed by atoms with Crippen LogP contribution in [0.3, 0.4) is 0 Å². The summed E-state index contributed by atoms with van der Waals surface area (Å²) in [6.45, 7) is 3.39. The van der Waals surface area contributed by atoms with E-state index in [0.717, 1.165) is 65.5 Å². The van der Waals surface area contributed by atoms with E-state index in [1.165, 1.54) is 0 Å². The van der Waals surface area contributed by atoms with Crippen LogP contribution in [-0.4, -0.2) is 68.6 Å². The average Bonchev–Trinajstić information content (AvgIpc) is 3.56. The van der Waals surface area contributed by atoms with E-state index in [-0.39, 0.29) is 5.78 Å². The van der Waals surface area contributed by atoms with Gasteiger partial charge in [0.1, 0.15) is 0 Å². The Labute approximate surface area is 202 Å². The Balaban J connectivity index is 1.20. The fraction of sp³-hybridized carbons (Fsp3) is 0.185. The highest BCUT2D eigenvalue weighted by Gasteiger charge is 2.26. The number of fused-ring (bicyclic) bond motifs is 1. The van der Waals surface area contributed by atoms with Crippen molar-refractivity contribution in [2.24, 2.45) is 0 Å². The summed E-state index contributed by atoms with van der Waals surface area (Å²) in [4.78, 5) is 21.5. The van der Waals surface area contributed by atoms with Crippen molar-refractivity contribution < 1.29 is 4.79 Å². The first-order valence-electron chi connectivity index (χ1n) is 11.8. The van der Waals surface area contributed by atoms with E-state index in [1.807, 2.05) is 84.9 Å². The predicted molar refractivity (Wildman–Crippen MR) is 136 cm³/mol. The van der Waals surface area contributed by atoms with Gasteiger partial charge in [0, 0.05) is 37.1 Å². The average molecular weight is 464 g/mol. The third-order valence-electron chi connectivity index (χ3n) is 6.52. The standard InChI is InChI=1S/C27H25N7O/c35-24(25-22-13-7-8-14-23(22)28-26(25)20-9-3-1-4-10-20)19-32-15-17-33(18-16-32)27-29-30-31-34(27)21-11-5-2-6-12-21/h1-14,28H,15-19H2. The van der Waals surface area contributed by atoms with Crippen molar-refractivity contribution >= 4 is 22.6 Å². The first kappa shape index (κ1) is 21.2. The van der Waals surface area contributed by atoms with E-state index in [4.69, 9.17) is 0 Å². The number of ketones is 1. The summed E-state index contributed by atoms with van der Waals surface area (Å²) in [5, 5.41) is 13.3. The number of benzene rings is 3. The molecular weight excluding hydrogens is 438 g/mol. The number of anilines is 1. The number of H-pyrrole nitrogens is 1. The second kappa shape index (κ2) is 9.15. The lowest BCUT2D eigenvalue weighted by atomic mass is 10.0. The molecule has 0 amide bonds. The first-order chi connectivity index (χ1) is 17.3. The molecule has 174 valence electrons. The maximum Gasteiger partial charge on any atom is 0.250 e. The SMILES string of the molecule is O=C(CN1CCN(c2nnnn2-c2ccccc2)CC1)c1c(-c2ccccc2)[nH]c2ccccc12. The number of tetrazole rings is 1. The minimum absolute atomic E-state index is 0.129. The maximum absolute atomic E-state index is 13.6. The Bertz CT molecular complexity index is 1450. The monoisotopic (exact) mass is 463 g/mol. The highest BCUT2D eigenvalue weighted by atomic mass is 16.1. The van der Waals surface area contributed by atoms with Gasteiger partial charge in [-0.1, -0.05) is 71.8 Å². The summed E-state index contributed by atoms with van der Waals surface area (Å²) in [6, 6.07) is 28.0. The van der Waals surface area contributed by atoms with Crippen molar-refractivity contribution in [2.75, 3.05) is 37.6 Å². The molecule has 0 aliphatic carbocycles. The van der Waals surface area contributed by atoms with Crippen LogP contribution in [-0.2, 0) is 0 Å². The fourth-order valence-electron chi connectivity index (χ4n) is 4.76. The quantitative estimate of drug-likeness (QED) is 0.386. The second-order valence-electron chi connectivity index (χ2n) is 8.70. The zero-order chi connectivity index (χ0) is 23.6. The molecule has 0 bridgehead atoms. The third-order valence-corrected chi connectivity index (χ3v) is 6.52. The molecule has 6 rings (SSSR count). The number of hydrogen-bond acceptors (Lipinski definition) is 6. The smallest absolute Gasteiger partial charge is 0.250 e. The van der Waals surface area contributed by atoms with Crippen molar-refractivity contribution in [3.63, 3.8) is 0 Å². The van der Waals surface area contributed by atoms with Gasteiger partial charge >= 0.3 is 0 Å². The van der Waals surface area contributed by atoms with Gasteiger partial charge in [-0.25, -0.2) is 0 Å². The fourth-order valence-corrected chi connectivity index (χ4v) is 4.76. The Hall–Kier alpha value is -4.30. The highest BCUT2D eigenvalue weighted by Crippen LogP contribution is 2.31. The Kier molecular flexibility index (Phi) is 5.56. The van der Waals surface area contributed by atoms with Crippen LogP contribution in [0.4, 0.5) is 5.95 Å². The number of piperazine rings is 1. The summed E-state index contributed by atoms with van der Waals surface area (Å²) >= 11 is 0. The lowest BCUT2D eigenvalue weighted by molar-refractivity contribution is 0.0928. The number of carbonyl (C=O) groups excluding carboxylic acids is 1. The van der Waals surface area contributed by atoms with Gasteiger partial charge in [0.15, 0.2) is 5.78 Å². The van der Waals surface area contributed by atoms with Gasteiger partial charge < -0.3 is 9.88 Å². The second-order valence-corrected chi connectivity index (χ2v) is 8.70. The minimum atomic E-state index is 0.129. The van der Waals surface area contributed by atoms with Gasteiger partial charge in [-0.2, -0.15) is 4.68 Å².